The molecule has 0 saturated heterocycles. The van der Waals surface area contributed by atoms with Crippen molar-refractivity contribution in [2.24, 2.45) is 4.99 Å². The Morgan fingerprint density at radius 2 is 2.06 bits per heavy atom. The molecule has 0 amide bonds. The van der Waals surface area contributed by atoms with E-state index in [1.807, 2.05) is 30.3 Å². The van der Waals surface area contributed by atoms with Crippen molar-refractivity contribution in [2.75, 3.05) is 7.11 Å². The zero-order valence-corrected chi connectivity index (χ0v) is 10.9. The molecular weight excluding hydrogens is 280 g/mol. The normalized spacial score (nSPS) is 10.7. The Morgan fingerprint density at radius 1 is 1.24 bits per heavy atom. The molecule has 0 radical (unpaired) electrons. The largest absolute Gasteiger partial charge is 0.481 e. The first kappa shape index (κ1) is 11.8. The summed E-state index contributed by atoms with van der Waals surface area (Å²) < 4.78 is 6.00. The molecule has 0 aliphatic carbocycles. The number of rotatable bonds is 3. The van der Waals surface area contributed by atoms with Crippen molar-refractivity contribution in [2.45, 2.75) is 0 Å². The van der Waals surface area contributed by atoms with E-state index in [-0.39, 0.29) is 0 Å². The van der Waals surface area contributed by atoms with E-state index in [0.717, 1.165) is 15.7 Å². The van der Waals surface area contributed by atoms with Crippen LogP contribution in [0.5, 0.6) is 5.88 Å². The van der Waals surface area contributed by atoms with Crippen molar-refractivity contribution in [3.8, 4) is 5.88 Å². The molecule has 1 aromatic heterocycles. The Morgan fingerprint density at radius 3 is 2.71 bits per heavy atom. The number of halogens is 1. The van der Waals surface area contributed by atoms with Gasteiger partial charge in [-0.25, -0.2) is 4.98 Å². The molecule has 4 heteroatoms. The summed E-state index contributed by atoms with van der Waals surface area (Å²) in [6, 6.07) is 11.6. The van der Waals surface area contributed by atoms with Gasteiger partial charge in [-0.1, -0.05) is 34.1 Å². The van der Waals surface area contributed by atoms with E-state index in [2.05, 4.69) is 25.9 Å². The predicted octanol–water partition coefficient (Wildman–Crippen LogP) is 3.60. The van der Waals surface area contributed by atoms with E-state index in [4.69, 9.17) is 4.74 Å². The number of pyridine rings is 1. The third kappa shape index (κ3) is 3.14. The van der Waals surface area contributed by atoms with E-state index in [0.29, 0.717) is 5.88 Å². The molecule has 2 rings (SSSR count). The van der Waals surface area contributed by atoms with Crippen molar-refractivity contribution in [1.29, 1.82) is 0 Å². The summed E-state index contributed by atoms with van der Waals surface area (Å²) in [6.45, 7) is 0. The molecule has 0 bridgehead atoms. The van der Waals surface area contributed by atoms with Gasteiger partial charge in [0.25, 0.3) is 0 Å². The van der Waals surface area contributed by atoms with Crippen LogP contribution in [-0.4, -0.2) is 18.3 Å². The SMILES string of the molecule is COc1ccc(N=Cc2ccccc2Br)cn1. The molecule has 0 saturated carbocycles. The fraction of sp³-hybridized carbons (Fsp3) is 0.0769. The van der Waals surface area contributed by atoms with E-state index in [1.54, 1.807) is 25.6 Å². The number of hydrogen-bond acceptors (Lipinski definition) is 3. The molecule has 0 N–H and O–H groups in total. The first-order valence-corrected chi connectivity index (χ1v) is 5.87. The minimum Gasteiger partial charge on any atom is -0.481 e. The highest BCUT2D eigenvalue weighted by Crippen LogP contribution is 2.17. The second-order valence-electron chi connectivity index (χ2n) is 3.34. The van der Waals surface area contributed by atoms with E-state index < -0.39 is 0 Å². The lowest BCUT2D eigenvalue weighted by molar-refractivity contribution is 0.398. The van der Waals surface area contributed by atoms with Gasteiger partial charge < -0.3 is 4.74 Å². The molecule has 0 fully saturated rings. The molecule has 0 spiro atoms. The lowest BCUT2D eigenvalue weighted by Crippen LogP contribution is -1.85. The van der Waals surface area contributed by atoms with Crippen LogP contribution in [0.2, 0.25) is 0 Å². The average Bonchev–Trinajstić information content (AvgIpc) is 2.38. The molecular formula is C13H11BrN2O. The first-order chi connectivity index (χ1) is 8.29. The summed E-state index contributed by atoms with van der Waals surface area (Å²) in [7, 11) is 1.59. The van der Waals surface area contributed by atoms with Crippen LogP contribution in [-0.2, 0) is 0 Å². The fourth-order valence-electron chi connectivity index (χ4n) is 1.29. The van der Waals surface area contributed by atoms with Gasteiger partial charge in [-0.15, -0.1) is 0 Å². The second kappa shape index (κ2) is 5.59. The zero-order chi connectivity index (χ0) is 12.1. The number of hydrogen-bond donors (Lipinski definition) is 0. The van der Waals surface area contributed by atoms with Crippen LogP contribution in [0.15, 0.2) is 52.1 Å². The quantitative estimate of drug-likeness (QED) is 0.810. The molecule has 0 aliphatic rings. The topological polar surface area (TPSA) is 34.5 Å². The minimum absolute atomic E-state index is 0.588. The van der Waals surface area contributed by atoms with Crippen molar-refractivity contribution in [1.82, 2.24) is 4.98 Å². The maximum absolute atomic E-state index is 4.98. The number of methoxy groups -OCH3 is 1. The van der Waals surface area contributed by atoms with Crippen LogP contribution in [0, 0.1) is 0 Å². The molecule has 0 unspecified atom stereocenters. The maximum Gasteiger partial charge on any atom is 0.213 e. The number of ether oxygens (including phenoxy) is 1. The van der Waals surface area contributed by atoms with Gasteiger partial charge in [-0.2, -0.15) is 0 Å². The average molecular weight is 291 g/mol. The number of nitrogens with zero attached hydrogens (tertiary/aromatic N) is 2. The van der Waals surface area contributed by atoms with Crippen molar-refractivity contribution < 1.29 is 4.74 Å². The van der Waals surface area contributed by atoms with E-state index in [9.17, 15) is 0 Å². The number of aromatic nitrogens is 1. The van der Waals surface area contributed by atoms with E-state index in [1.165, 1.54) is 0 Å². The Bertz CT molecular complexity index is 523. The van der Waals surface area contributed by atoms with Gasteiger partial charge in [0.15, 0.2) is 0 Å². The van der Waals surface area contributed by atoms with Gasteiger partial charge >= 0.3 is 0 Å². The molecule has 0 aliphatic heterocycles. The Hall–Kier alpha value is -1.68. The van der Waals surface area contributed by atoms with Crippen molar-refractivity contribution >= 4 is 27.8 Å². The molecule has 3 nitrogen and oxygen atoms in total. The Labute approximate surface area is 108 Å². The van der Waals surface area contributed by atoms with Crippen LogP contribution in [0.25, 0.3) is 0 Å². The van der Waals surface area contributed by atoms with Crippen molar-refractivity contribution in [3.63, 3.8) is 0 Å². The van der Waals surface area contributed by atoms with Crippen LogP contribution >= 0.6 is 15.9 Å². The summed E-state index contributed by atoms with van der Waals surface area (Å²) in [4.78, 5) is 8.42. The maximum atomic E-state index is 4.98. The Kier molecular flexibility index (Phi) is 3.88. The standard InChI is InChI=1S/C13H11BrN2O/c1-17-13-7-6-11(9-16-13)15-8-10-4-2-3-5-12(10)14/h2-9H,1H3. The molecule has 0 atom stereocenters. The highest BCUT2D eigenvalue weighted by Gasteiger charge is 1.95. The van der Waals surface area contributed by atoms with Crippen LogP contribution in [0.3, 0.4) is 0 Å². The van der Waals surface area contributed by atoms with Gasteiger partial charge in [-0.3, -0.25) is 4.99 Å². The van der Waals surface area contributed by atoms with Crippen LogP contribution in [0.1, 0.15) is 5.56 Å². The smallest absolute Gasteiger partial charge is 0.213 e. The minimum atomic E-state index is 0.588. The first-order valence-electron chi connectivity index (χ1n) is 5.08. The van der Waals surface area contributed by atoms with Gasteiger partial charge in [0, 0.05) is 22.3 Å². The summed E-state index contributed by atoms with van der Waals surface area (Å²) in [5, 5.41) is 0. The lowest BCUT2D eigenvalue weighted by atomic mass is 10.2. The molecule has 86 valence electrons. The van der Waals surface area contributed by atoms with Gasteiger partial charge in [0.2, 0.25) is 5.88 Å². The molecule has 1 heterocycles. The molecule has 17 heavy (non-hydrogen) atoms. The zero-order valence-electron chi connectivity index (χ0n) is 9.30. The van der Waals surface area contributed by atoms with E-state index >= 15 is 0 Å². The van der Waals surface area contributed by atoms with Crippen LogP contribution < -0.4 is 4.74 Å². The van der Waals surface area contributed by atoms with Gasteiger partial charge in [0.1, 0.15) is 0 Å². The second-order valence-corrected chi connectivity index (χ2v) is 4.19. The van der Waals surface area contributed by atoms with Gasteiger partial charge in [0.05, 0.1) is 19.0 Å². The van der Waals surface area contributed by atoms with Crippen LogP contribution in [0.4, 0.5) is 5.69 Å². The molecule has 1 aromatic carbocycles. The summed E-state index contributed by atoms with van der Waals surface area (Å²) in [5.74, 6) is 0.588. The summed E-state index contributed by atoms with van der Waals surface area (Å²) in [5.41, 5.74) is 1.82. The fourth-order valence-corrected chi connectivity index (χ4v) is 1.68. The summed E-state index contributed by atoms with van der Waals surface area (Å²) in [6.07, 6.45) is 3.47. The Balaban J connectivity index is 2.17. The van der Waals surface area contributed by atoms with Gasteiger partial charge in [-0.05, 0) is 12.1 Å². The lowest BCUT2D eigenvalue weighted by Gasteiger charge is -1.98. The highest BCUT2D eigenvalue weighted by atomic mass is 79.9. The highest BCUT2D eigenvalue weighted by molar-refractivity contribution is 9.10. The third-order valence-electron chi connectivity index (χ3n) is 2.19. The number of aliphatic imine (C=N–C) groups is 1. The molecule has 2 aromatic rings. The van der Waals surface area contributed by atoms with Crippen molar-refractivity contribution in [3.05, 3.63) is 52.6 Å². The predicted molar refractivity (Wildman–Crippen MR) is 72.2 cm³/mol. The summed E-state index contributed by atoms with van der Waals surface area (Å²) >= 11 is 3.47. The third-order valence-corrected chi connectivity index (χ3v) is 2.91. The number of benzene rings is 1. The monoisotopic (exact) mass is 290 g/mol.